The third-order valence-corrected chi connectivity index (χ3v) is 3.94. The number of fused-ring (bicyclic) bond motifs is 1. The van der Waals surface area contributed by atoms with E-state index in [1.807, 2.05) is 18.2 Å². The lowest BCUT2D eigenvalue weighted by atomic mass is 10.0. The highest BCUT2D eigenvalue weighted by Crippen LogP contribution is 2.35. The van der Waals surface area contributed by atoms with Crippen molar-refractivity contribution in [2.24, 2.45) is 0 Å². The largest absolute Gasteiger partial charge is 0.303 e. The van der Waals surface area contributed by atoms with E-state index in [1.165, 1.54) is 5.56 Å². The van der Waals surface area contributed by atoms with Crippen molar-refractivity contribution < 1.29 is 0 Å². The number of hydrogen-bond acceptors (Lipinski definition) is 2. The molecule has 0 aliphatic carbocycles. The van der Waals surface area contributed by atoms with Gasteiger partial charge >= 0.3 is 0 Å². The van der Waals surface area contributed by atoms with E-state index in [1.54, 1.807) is 0 Å². The maximum atomic E-state index is 4.40. The molecule has 0 saturated carbocycles. The Hall–Kier alpha value is -2.42. The van der Waals surface area contributed by atoms with Gasteiger partial charge < -0.3 is 4.57 Å². The first kappa shape index (κ1) is 11.4. The molecule has 98 valence electrons. The average Bonchev–Trinajstić information content (AvgIpc) is 3.10. The van der Waals surface area contributed by atoms with Crippen LogP contribution in [0.25, 0.3) is 11.4 Å². The number of aromatic nitrogens is 3. The van der Waals surface area contributed by atoms with Crippen LogP contribution in [-0.4, -0.2) is 14.8 Å². The minimum atomic E-state index is 0.358. The molecule has 0 bridgehead atoms. The molecule has 1 atom stereocenters. The molecule has 1 aromatic heterocycles. The summed E-state index contributed by atoms with van der Waals surface area (Å²) in [6, 6.07) is 21.3. The Labute approximate surface area is 117 Å². The SMILES string of the molecule is c1ccc(-c2nnc3n2C(c2ccccc2)CC3)cc1. The Morgan fingerprint density at radius 1 is 0.850 bits per heavy atom. The number of aryl methyl sites for hydroxylation is 1. The summed E-state index contributed by atoms with van der Waals surface area (Å²) in [5.41, 5.74) is 2.47. The fraction of sp³-hybridized carbons (Fsp3) is 0.176. The molecule has 0 radical (unpaired) electrons. The summed E-state index contributed by atoms with van der Waals surface area (Å²) in [5, 5.41) is 8.76. The molecule has 0 saturated heterocycles. The van der Waals surface area contributed by atoms with Gasteiger partial charge in [0.25, 0.3) is 0 Å². The van der Waals surface area contributed by atoms with Crippen LogP contribution in [-0.2, 0) is 6.42 Å². The molecule has 2 heterocycles. The Morgan fingerprint density at radius 2 is 1.55 bits per heavy atom. The molecule has 1 aliphatic rings. The summed E-state index contributed by atoms with van der Waals surface area (Å²) in [4.78, 5) is 0. The Bertz CT molecular complexity index is 717. The highest BCUT2D eigenvalue weighted by Gasteiger charge is 2.28. The first-order valence-electron chi connectivity index (χ1n) is 6.97. The lowest BCUT2D eigenvalue weighted by Gasteiger charge is -2.15. The molecule has 1 aliphatic heterocycles. The molecular weight excluding hydrogens is 246 g/mol. The maximum Gasteiger partial charge on any atom is 0.164 e. The van der Waals surface area contributed by atoms with Crippen molar-refractivity contribution in [1.29, 1.82) is 0 Å². The highest BCUT2D eigenvalue weighted by atomic mass is 15.3. The van der Waals surface area contributed by atoms with Crippen LogP contribution in [0.1, 0.15) is 23.9 Å². The third-order valence-electron chi connectivity index (χ3n) is 3.94. The summed E-state index contributed by atoms with van der Waals surface area (Å²) >= 11 is 0. The Balaban J connectivity index is 1.83. The van der Waals surface area contributed by atoms with Gasteiger partial charge in [-0.15, -0.1) is 10.2 Å². The molecule has 0 spiro atoms. The van der Waals surface area contributed by atoms with E-state index in [2.05, 4.69) is 57.2 Å². The normalized spacial score (nSPS) is 17.1. The molecule has 0 amide bonds. The van der Waals surface area contributed by atoms with Crippen LogP contribution in [0.4, 0.5) is 0 Å². The fourth-order valence-electron chi connectivity index (χ4n) is 2.99. The van der Waals surface area contributed by atoms with Crippen LogP contribution in [0.2, 0.25) is 0 Å². The molecule has 3 nitrogen and oxygen atoms in total. The van der Waals surface area contributed by atoms with Crippen molar-refractivity contribution in [2.75, 3.05) is 0 Å². The van der Waals surface area contributed by atoms with Crippen molar-refractivity contribution >= 4 is 0 Å². The van der Waals surface area contributed by atoms with E-state index in [4.69, 9.17) is 0 Å². The van der Waals surface area contributed by atoms with Crippen LogP contribution >= 0.6 is 0 Å². The monoisotopic (exact) mass is 261 g/mol. The van der Waals surface area contributed by atoms with E-state index in [-0.39, 0.29) is 0 Å². The highest BCUT2D eigenvalue weighted by molar-refractivity contribution is 5.56. The second-order valence-corrected chi connectivity index (χ2v) is 5.14. The summed E-state index contributed by atoms with van der Waals surface area (Å²) in [7, 11) is 0. The fourth-order valence-corrected chi connectivity index (χ4v) is 2.99. The van der Waals surface area contributed by atoms with Crippen molar-refractivity contribution in [3.8, 4) is 11.4 Å². The minimum Gasteiger partial charge on any atom is -0.303 e. The van der Waals surface area contributed by atoms with Crippen molar-refractivity contribution in [3.05, 3.63) is 72.1 Å². The molecule has 2 aromatic carbocycles. The first-order chi connectivity index (χ1) is 9.93. The molecule has 1 unspecified atom stereocenters. The second-order valence-electron chi connectivity index (χ2n) is 5.14. The number of benzene rings is 2. The van der Waals surface area contributed by atoms with Crippen LogP contribution in [0.3, 0.4) is 0 Å². The van der Waals surface area contributed by atoms with Gasteiger partial charge in [-0.25, -0.2) is 0 Å². The molecule has 0 N–H and O–H groups in total. The maximum absolute atomic E-state index is 4.40. The third kappa shape index (κ3) is 1.74. The Morgan fingerprint density at radius 3 is 2.30 bits per heavy atom. The van der Waals surface area contributed by atoms with Gasteiger partial charge in [0, 0.05) is 12.0 Å². The molecule has 3 heteroatoms. The predicted molar refractivity (Wildman–Crippen MR) is 78.4 cm³/mol. The van der Waals surface area contributed by atoms with Crippen molar-refractivity contribution in [1.82, 2.24) is 14.8 Å². The van der Waals surface area contributed by atoms with E-state index in [9.17, 15) is 0 Å². The van der Waals surface area contributed by atoms with Gasteiger partial charge in [-0.3, -0.25) is 0 Å². The minimum absolute atomic E-state index is 0.358. The summed E-state index contributed by atoms with van der Waals surface area (Å²) in [6.07, 6.45) is 2.11. The van der Waals surface area contributed by atoms with Gasteiger partial charge in [0.15, 0.2) is 5.82 Å². The van der Waals surface area contributed by atoms with Gasteiger partial charge in [0.1, 0.15) is 5.82 Å². The van der Waals surface area contributed by atoms with Gasteiger partial charge in [-0.1, -0.05) is 60.7 Å². The van der Waals surface area contributed by atoms with E-state index < -0.39 is 0 Å². The summed E-state index contributed by atoms with van der Waals surface area (Å²) in [5.74, 6) is 2.07. The van der Waals surface area contributed by atoms with Crippen LogP contribution in [0.5, 0.6) is 0 Å². The summed E-state index contributed by atoms with van der Waals surface area (Å²) in [6.45, 7) is 0. The molecule has 20 heavy (non-hydrogen) atoms. The quantitative estimate of drug-likeness (QED) is 0.707. The Kier molecular flexibility index (Phi) is 2.62. The van der Waals surface area contributed by atoms with Gasteiger partial charge in [0.05, 0.1) is 6.04 Å². The predicted octanol–water partition coefficient (Wildman–Crippen LogP) is 3.48. The number of nitrogens with zero attached hydrogens (tertiary/aromatic N) is 3. The molecule has 4 rings (SSSR count). The van der Waals surface area contributed by atoms with Crippen LogP contribution in [0.15, 0.2) is 60.7 Å². The van der Waals surface area contributed by atoms with E-state index >= 15 is 0 Å². The van der Waals surface area contributed by atoms with Gasteiger partial charge in [-0.2, -0.15) is 0 Å². The van der Waals surface area contributed by atoms with Gasteiger partial charge in [0.2, 0.25) is 0 Å². The topological polar surface area (TPSA) is 30.7 Å². The zero-order chi connectivity index (χ0) is 13.4. The van der Waals surface area contributed by atoms with E-state index in [0.29, 0.717) is 6.04 Å². The van der Waals surface area contributed by atoms with Gasteiger partial charge in [-0.05, 0) is 12.0 Å². The molecule has 0 fully saturated rings. The number of hydrogen-bond donors (Lipinski definition) is 0. The standard InChI is InChI=1S/C17H15N3/c1-3-7-13(8-4-1)15-11-12-16-18-19-17(20(15)16)14-9-5-2-6-10-14/h1-10,15H,11-12H2. The van der Waals surface area contributed by atoms with Crippen molar-refractivity contribution in [2.45, 2.75) is 18.9 Å². The van der Waals surface area contributed by atoms with Crippen molar-refractivity contribution in [3.63, 3.8) is 0 Å². The zero-order valence-electron chi connectivity index (χ0n) is 11.1. The average molecular weight is 261 g/mol. The second kappa shape index (κ2) is 4.60. The van der Waals surface area contributed by atoms with E-state index in [0.717, 1.165) is 30.1 Å². The molecular formula is C17H15N3. The first-order valence-corrected chi connectivity index (χ1v) is 6.97. The smallest absolute Gasteiger partial charge is 0.164 e. The lowest BCUT2D eigenvalue weighted by Crippen LogP contribution is -2.07. The lowest BCUT2D eigenvalue weighted by molar-refractivity contribution is 0.622. The summed E-state index contributed by atoms with van der Waals surface area (Å²) < 4.78 is 2.30. The van der Waals surface area contributed by atoms with Crippen LogP contribution in [0, 0.1) is 0 Å². The zero-order valence-corrected chi connectivity index (χ0v) is 11.1. The molecule has 3 aromatic rings. The number of rotatable bonds is 2. The van der Waals surface area contributed by atoms with Crippen LogP contribution < -0.4 is 0 Å².